The van der Waals surface area contributed by atoms with E-state index in [4.69, 9.17) is 17.2 Å². The van der Waals surface area contributed by atoms with E-state index < -0.39 is 5.54 Å². The van der Waals surface area contributed by atoms with Crippen molar-refractivity contribution in [1.82, 2.24) is 19.7 Å². The highest BCUT2D eigenvalue weighted by atomic mass is 15.3. The van der Waals surface area contributed by atoms with Gasteiger partial charge in [0.25, 0.3) is 0 Å². The van der Waals surface area contributed by atoms with Crippen molar-refractivity contribution in [2.24, 2.45) is 24.2 Å². The van der Waals surface area contributed by atoms with E-state index in [0.29, 0.717) is 17.8 Å². The van der Waals surface area contributed by atoms with Gasteiger partial charge in [-0.1, -0.05) is 6.08 Å². The van der Waals surface area contributed by atoms with Gasteiger partial charge in [-0.15, -0.1) is 0 Å². The number of nitrogens with zero attached hydrogens (tertiary/aromatic N) is 4. The first-order valence-electron chi connectivity index (χ1n) is 7.94. The summed E-state index contributed by atoms with van der Waals surface area (Å²) in [7, 11) is 1.91. The number of pyridine rings is 2. The minimum absolute atomic E-state index is 0.427. The van der Waals surface area contributed by atoms with Gasteiger partial charge in [-0.05, 0) is 24.3 Å². The molecule has 7 nitrogen and oxygen atoms in total. The molecule has 3 heterocycles. The fraction of sp³-hybridized carbons (Fsp3) is 0.167. The lowest BCUT2D eigenvalue weighted by molar-refractivity contribution is 0.524. The summed E-state index contributed by atoms with van der Waals surface area (Å²) in [5, 5.41) is 5.61. The van der Waals surface area contributed by atoms with Crippen LogP contribution in [-0.4, -0.2) is 19.7 Å². The standard InChI is InChI=1S/C18H19N7/c1-25-15-4-6-22-10-12(15)17(24-25)11-3-7-23-16(8-11)18(21)5-2-13(19)14(20)9-18/h2-8,10H,9,19-21H2,1H3. The second-order valence-electron chi connectivity index (χ2n) is 6.33. The van der Waals surface area contributed by atoms with E-state index in [2.05, 4.69) is 15.1 Å². The number of aromatic nitrogens is 4. The fourth-order valence-electron chi connectivity index (χ4n) is 3.15. The van der Waals surface area contributed by atoms with Crippen LogP contribution in [0.3, 0.4) is 0 Å². The van der Waals surface area contributed by atoms with Gasteiger partial charge >= 0.3 is 0 Å². The van der Waals surface area contributed by atoms with Crippen LogP contribution in [0.4, 0.5) is 0 Å². The number of aryl methyl sites for hydroxylation is 1. The van der Waals surface area contributed by atoms with Gasteiger partial charge in [0.15, 0.2) is 0 Å². The predicted molar refractivity (Wildman–Crippen MR) is 96.8 cm³/mol. The summed E-state index contributed by atoms with van der Waals surface area (Å²) in [5.74, 6) is 0. The van der Waals surface area contributed by atoms with Gasteiger partial charge in [-0.3, -0.25) is 14.6 Å². The second-order valence-corrected chi connectivity index (χ2v) is 6.33. The van der Waals surface area contributed by atoms with Crippen LogP contribution in [0.2, 0.25) is 0 Å². The Balaban J connectivity index is 1.82. The lowest BCUT2D eigenvalue weighted by atomic mass is 9.85. The number of allylic oxidation sites excluding steroid dienone is 1. The summed E-state index contributed by atoms with van der Waals surface area (Å²) >= 11 is 0. The molecule has 6 N–H and O–H groups in total. The molecule has 1 aliphatic carbocycles. The summed E-state index contributed by atoms with van der Waals surface area (Å²) in [6, 6.07) is 5.81. The van der Waals surface area contributed by atoms with Crippen LogP contribution < -0.4 is 17.2 Å². The lowest BCUT2D eigenvalue weighted by Gasteiger charge is -2.29. The highest BCUT2D eigenvalue weighted by molar-refractivity contribution is 5.92. The van der Waals surface area contributed by atoms with Crippen molar-refractivity contribution in [1.29, 1.82) is 0 Å². The SMILES string of the molecule is Cn1nc(-c2ccnc(C3(N)C=CC(N)=C(N)C3)c2)c2cnccc21. The number of nitrogens with two attached hydrogens (primary N) is 3. The van der Waals surface area contributed by atoms with Crippen molar-refractivity contribution in [3.63, 3.8) is 0 Å². The molecule has 0 amide bonds. The highest BCUT2D eigenvalue weighted by Crippen LogP contribution is 2.32. The number of rotatable bonds is 2. The molecule has 1 aliphatic rings. The van der Waals surface area contributed by atoms with Gasteiger partial charge < -0.3 is 17.2 Å². The molecular formula is C18H19N7. The molecule has 1 atom stereocenters. The number of fused-ring (bicyclic) bond motifs is 1. The quantitative estimate of drug-likeness (QED) is 0.649. The molecule has 25 heavy (non-hydrogen) atoms. The Morgan fingerprint density at radius 2 is 2.04 bits per heavy atom. The van der Waals surface area contributed by atoms with Crippen molar-refractivity contribution < 1.29 is 0 Å². The normalized spacial score (nSPS) is 20.4. The Kier molecular flexibility index (Phi) is 3.33. The molecule has 4 rings (SSSR count). The van der Waals surface area contributed by atoms with E-state index >= 15 is 0 Å². The van der Waals surface area contributed by atoms with Gasteiger partial charge in [0.05, 0.1) is 22.4 Å². The molecule has 0 saturated carbocycles. The predicted octanol–water partition coefficient (Wildman–Crippen LogP) is 1.27. The Hall–Kier alpha value is -3.19. The first-order valence-corrected chi connectivity index (χ1v) is 7.94. The Bertz CT molecular complexity index is 1030. The summed E-state index contributed by atoms with van der Waals surface area (Å²) in [6.45, 7) is 0. The zero-order valence-electron chi connectivity index (χ0n) is 13.8. The summed E-state index contributed by atoms with van der Waals surface area (Å²) in [6.07, 6.45) is 9.33. The number of hydrogen-bond donors (Lipinski definition) is 3. The van der Waals surface area contributed by atoms with Gasteiger partial charge in [-0.2, -0.15) is 5.10 Å². The van der Waals surface area contributed by atoms with Gasteiger partial charge in [-0.25, -0.2) is 0 Å². The van der Waals surface area contributed by atoms with Crippen LogP contribution in [0.25, 0.3) is 22.2 Å². The molecule has 3 aromatic rings. The maximum Gasteiger partial charge on any atom is 0.102 e. The van der Waals surface area contributed by atoms with Crippen LogP contribution in [-0.2, 0) is 12.6 Å². The Morgan fingerprint density at radius 3 is 2.84 bits per heavy atom. The summed E-state index contributed by atoms with van der Waals surface area (Å²) in [5.41, 5.74) is 22.2. The van der Waals surface area contributed by atoms with E-state index in [0.717, 1.165) is 27.9 Å². The first-order chi connectivity index (χ1) is 12.0. The fourth-order valence-corrected chi connectivity index (χ4v) is 3.15. The van der Waals surface area contributed by atoms with Gasteiger partial charge in [0, 0.05) is 48.7 Å². The van der Waals surface area contributed by atoms with E-state index in [1.165, 1.54) is 0 Å². The molecule has 7 heteroatoms. The molecule has 126 valence electrons. The average Bonchev–Trinajstić information content (AvgIpc) is 2.96. The third kappa shape index (κ3) is 2.45. The summed E-state index contributed by atoms with van der Waals surface area (Å²) < 4.78 is 1.84. The molecular weight excluding hydrogens is 314 g/mol. The molecule has 0 radical (unpaired) electrons. The monoisotopic (exact) mass is 333 g/mol. The molecule has 0 saturated heterocycles. The van der Waals surface area contributed by atoms with Crippen molar-refractivity contribution in [2.75, 3.05) is 0 Å². The largest absolute Gasteiger partial charge is 0.400 e. The second kappa shape index (κ2) is 5.42. The van der Waals surface area contributed by atoms with Crippen molar-refractivity contribution in [3.8, 4) is 11.3 Å². The summed E-state index contributed by atoms with van der Waals surface area (Å²) in [4.78, 5) is 8.68. The van der Waals surface area contributed by atoms with Crippen molar-refractivity contribution in [2.45, 2.75) is 12.0 Å². The molecule has 0 aliphatic heterocycles. The van der Waals surface area contributed by atoms with E-state index in [-0.39, 0.29) is 0 Å². The minimum Gasteiger partial charge on any atom is -0.400 e. The minimum atomic E-state index is -0.786. The van der Waals surface area contributed by atoms with E-state index in [9.17, 15) is 0 Å². The molecule has 0 spiro atoms. The molecule has 0 aromatic carbocycles. The van der Waals surface area contributed by atoms with Crippen LogP contribution >= 0.6 is 0 Å². The van der Waals surface area contributed by atoms with Gasteiger partial charge in [0.2, 0.25) is 0 Å². The lowest BCUT2D eigenvalue weighted by Crippen LogP contribution is -2.39. The highest BCUT2D eigenvalue weighted by Gasteiger charge is 2.30. The third-order valence-corrected chi connectivity index (χ3v) is 4.58. The molecule has 0 bridgehead atoms. The molecule has 3 aromatic heterocycles. The van der Waals surface area contributed by atoms with Crippen LogP contribution in [0.15, 0.2) is 60.3 Å². The van der Waals surface area contributed by atoms with Crippen LogP contribution in [0, 0.1) is 0 Å². The number of hydrogen-bond acceptors (Lipinski definition) is 6. The maximum absolute atomic E-state index is 6.54. The Labute approximate surface area is 144 Å². The topological polar surface area (TPSA) is 122 Å². The van der Waals surface area contributed by atoms with Crippen molar-refractivity contribution >= 4 is 10.9 Å². The maximum atomic E-state index is 6.54. The third-order valence-electron chi connectivity index (χ3n) is 4.58. The first kappa shape index (κ1) is 15.3. The van der Waals surface area contributed by atoms with Gasteiger partial charge in [0.1, 0.15) is 5.69 Å². The van der Waals surface area contributed by atoms with Crippen molar-refractivity contribution in [3.05, 3.63) is 66.0 Å². The molecule has 1 unspecified atom stereocenters. The average molecular weight is 333 g/mol. The zero-order chi connectivity index (χ0) is 17.6. The van der Waals surface area contributed by atoms with Crippen LogP contribution in [0.5, 0.6) is 0 Å². The zero-order valence-corrected chi connectivity index (χ0v) is 13.8. The molecule has 0 fully saturated rings. The van der Waals surface area contributed by atoms with E-state index in [1.54, 1.807) is 18.5 Å². The van der Waals surface area contributed by atoms with Crippen LogP contribution in [0.1, 0.15) is 12.1 Å². The smallest absolute Gasteiger partial charge is 0.102 e. The Morgan fingerprint density at radius 1 is 1.20 bits per heavy atom. The van der Waals surface area contributed by atoms with E-state index in [1.807, 2.05) is 42.2 Å².